The molecule has 2 fully saturated rings. The minimum absolute atomic E-state index is 0.0702. The fourth-order valence-electron chi connectivity index (χ4n) is 5.92. The number of nitrogens with zero attached hydrogens (tertiary/aromatic N) is 4. The molecule has 2 aromatic heterocycles. The molecule has 13 heteroatoms. The molecule has 0 aliphatic carbocycles. The van der Waals surface area contributed by atoms with Gasteiger partial charge in [0, 0.05) is 30.1 Å². The van der Waals surface area contributed by atoms with Crippen LogP contribution >= 0.6 is 0 Å². The predicted molar refractivity (Wildman–Crippen MR) is 140 cm³/mol. The zero-order chi connectivity index (χ0) is 29.8. The fourth-order valence-corrected chi connectivity index (χ4v) is 5.92. The zero-order valence-electron chi connectivity index (χ0n) is 21.8. The highest BCUT2D eigenvalue weighted by Crippen LogP contribution is 2.41. The molecule has 4 heterocycles. The third-order valence-electron chi connectivity index (χ3n) is 7.68. The van der Waals surface area contributed by atoms with Crippen LogP contribution in [-0.2, 0) is 0 Å². The number of hydrogen-bond donors (Lipinski definition) is 1. The van der Waals surface area contributed by atoms with Gasteiger partial charge in [-0.1, -0.05) is 12.0 Å². The molecule has 42 heavy (non-hydrogen) atoms. The molecule has 4 aromatic rings. The Hall–Kier alpha value is -4.31. The van der Waals surface area contributed by atoms with Gasteiger partial charge in [-0.3, -0.25) is 9.88 Å². The third-order valence-corrected chi connectivity index (χ3v) is 7.68. The van der Waals surface area contributed by atoms with Crippen molar-refractivity contribution in [3.63, 3.8) is 0 Å². The second kappa shape index (κ2) is 10.2. The van der Waals surface area contributed by atoms with Gasteiger partial charge in [-0.25, -0.2) is 13.2 Å². The first-order valence-corrected chi connectivity index (χ1v) is 13.0. The van der Waals surface area contributed by atoms with Crippen molar-refractivity contribution >= 4 is 21.7 Å². The summed E-state index contributed by atoms with van der Waals surface area (Å²) in [6.07, 6.45) is 2.41. The van der Waals surface area contributed by atoms with Crippen molar-refractivity contribution in [1.29, 1.82) is 0 Å². The van der Waals surface area contributed by atoms with Gasteiger partial charge in [0.25, 0.3) is 0 Å². The Bertz CT molecular complexity index is 1760. The summed E-state index contributed by atoms with van der Waals surface area (Å²) in [7, 11) is 0. The van der Waals surface area contributed by atoms with Crippen molar-refractivity contribution in [1.82, 2.24) is 19.9 Å². The first kappa shape index (κ1) is 27.8. The molecule has 2 aromatic carbocycles. The average molecular weight is 589 g/mol. The second-order valence-corrected chi connectivity index (χ2v) is 10.4. The molecule has 7 nitrogen and oxygen atoms in total. The van der Waals surface area contributed by atoms with Gasteiger partial charge in [-0.05, 0) is 43.0 Å². The van der Waals surface area contributed by atoms with Gasteiger partial charge in [0.1, 0.15) is 35.6 Å². The van der Waals surface area contributed by atoms with E-state index in [1.807, 2.05) is 4.90 Å². The van der Waals surface area contributed by atoms with E-state index in [9.17, 15) is 27.1 Å². The lowest BCUT2D eigenvalue weighted by atomic mass is 9.95. The predicted octanol–water partition coefficient (Wildman–Crippen LogP) is 5.71. The molecule has 6 rings (SSSR count). The summed E-state index contributed by atoms with van der Waals surface area (Å²) < 4.78 is 94.8. The summed E-state index contributed by atoms with van der Waals surface area (Å²) in [4.78, 5) is 14.1. The Morgan fingerprint density at radius 3 is 2.74 bits per heavy atom. The van der Waals surface area contributed by atoms with E-state index in [2.05, 4.69) is 20.9 Å². The quantitative estimate of drug-likeness (QED) is 0.229. The topological polar surface area (TPSA) is 80.6 Å². The van der Waals surface area contributed by atoms with Crippen LogP contribution < -0.4 is 9.47 Å². The molecule has 2 aliphatic heterocycles. The average Bonchev–Trinajstić information content (AvgIpc) is 3.46. The van der Waals surface area contributed by atoms with E-state index in [1.165, 1.54) is 12.1 Å². The minimum atomic E-state index is -4.73. The summed E-state index contributed by atoms with van der Waals surface area (Å²) in [5.74, 6) is -0.580. The second-order valence-electron chi connectivity index (χ2n) is 10.4. The number of aromatic hydroxyl groups is 1. The molecule has 0 saturated carbocycles. The third kappa shape index (κ3) is 4.89. The van der Waals surface area contributed by atoms with Gasteiger partial charge < -0.3 is 14.6 Å². The van der Waals surface area contributed by atoms with Gasteiger partial charge in [-0.15, -0.1) is 6.42 Å². The smallest absolute Gasteiger partial charge is 0.422 e. The number of phenols is 1. The van der Waals surface area contributed by atoms with Crippen LogP contribution in [-0.4, -0.2) is 69.1 Å². The molecular weight excluding hydrogens is 566 g/mol. The Kier molecular flexibility index (Phi) is 6.76. The lowest BCUT2D eigenvalue weighted by Crippen LogP contribution is -2.43. The van der Waals surface area contributed by atoms with Crippen molar-refractivity contribution < 1.29 is 40.9 Å². The molecule has 0 bridgehead atoms. The number of terminal acetylenes is 1. The van der Waals surface area contributed by atoms with E-state index >= 15 is 4.39 Å². The number of hydrogen-bond acceptors (Lipinski definition) is 7. The Morgan fingerprint density at radius 2 is 1.98 bits per heavy atom. The molecule has 2 aliphatic rings. The summed E-state index contributed by atoms with van der Waals surface area (Å²) >= 11 is 0. The number of aromatic nitrogens is 3. The number of halogens is 6. The van der Waals surface area contributed by atoms with Crippen molar-refractivity contribution in [3.05, 3.63) is 47.7 Å². The number of phenolic OH excluding ortho intramolecular Hbond substituents is 1. The van der Waals surface area contributed by atoms with E-state index < -0.39 is 59.2 Å². The highest BCUT2D eigenvalue weighted by atomic mass is 19.4. The number of benzene rings is 2. The Labute approximate surface area is 235 Å². The largest absolute Gasteiger partial charge is 0.508 e. The first-order chi connectivity index (χ1) is 20.0. The van der Waals surface area contributed by atoms with Gasteiger partial charge in [0.2, 0.25) is 5.88 Å². The van der Waals surface area contributed by atoms with Gasteiger partial charge in [0.05, 0.1) is 16.5 Å². The maximum absolute atomic E-state index is 16.2. The van der Waals surface area contributed by atoms with Crippen molar-refractivity contribution in [3.8, 4) is 41.2 Å². The first-order valence-electron chi connectivity index (χ1n) is 13.0. The fraction of sp³-hybridized carbons (Fsp3) is 0.345. The lowest BCUT2D eigenvalue weighted by molar-refractivity contribution is -0.153. The number of alkyl halides is 4. The van der Waals surface area contributed by atoms with Gasteiger partial charge in [-0.2, -0.15) is 23.1 Å². The van der Waals surface area contributed by atoms with Crippen molar-refractivity contribution in [2.45, 2.75) is 37.1 Å². The van der Waals surface area contributed by atoms with Crippen LogP contribution in [0, 0.1) is 24.0 Å². The van der Waals surface area contributed by atoms with Crippen molar-refractivity contribution in [2.75, 3.05) is 26.3 Å². The van der Waals surface area contributed by atoms with E-state index in [0.29, 0.717) is 18.4 Å². The maximum atomic E-state index is 16.2. The molecule has 0 amide bonds. The SMILES string of the molecule is C#Cc1c(F)ccc2cc(O)cc(-c3ncc4c(OCC(F)(F)F)nc(OC[C@@]56CCCN5C[C@H](F)C6)nc4c3F)c12. The highest BCUT2D eigenvalue weighted by Gasteiger charge is 2.49. The number of rotatable bonds is 6. The molecule has 2 atom stereocenters. The van der Waals surface area contributed by atoms with Crippen molar-refractivity contribution in [2.24, 2.45) is 0 Å². The number of fused-ring (bicyclic) bond motifs is 3. The van der Waals surface area contributed by atoms with E-state index in [0.717, 1.165) is 24.8 Å². The van der Waals surface area contributed by atoms with Crippen LogP contribution in [0.2, 0.25) is 0 Å². The zero-order valence-corrected chi connectivity index (χ0v) is 21.8. The molecule has 0 radical (unpaired) electrons. The van der Waals surface area contributed by atoms with Crippen LogP contribution in [0.25, 0.3) is 32.9 Å². The molecule has 0 unspecified atom stereocenters. The summed E-state index contributed by atoms with van der Waals surface area (Å²) in [6.45, 7) is -0.891. The summed E-state index contributed by atoms with van der Waals surface area (Å²) in [5.41, 5.74) is -1.81. The van der Waals surface area contributed by atoms with Gasteiger partial charge in [0.15, 0.2) is 12.4 Å². The van der Waals surface area contributed by atoms with Crippen LogP contribution in [0.1, 0.15) is 24.8 Å². The normalized spacial score (nSPS) is 20.6. The standard InChI is InChI=1S/C29H22F6N4O3/c1-2-18-21(31)5-4-15-8-17(40)9-19(22(15)18)24-23(32)25-20(11-36-24)26(41-14-29(33,34)35)38-27(37-25)42-13-28-6-3-7-39(28)12-16(30)10-28/h1,4-5,8-9,11,16,40H,3,6-7,10,12-14H2/t16-,28+/m1/s1. The molecular formula is C29H22F6N4O3. The monoisotopic (exact) mass is 588 g/mol. The summed E-state index contributed by atoms with van der Waals surface area (Å²) in [6, 6.07) is 4.43. The maximum Gasteiger partial charge on any atom is 0.422 e. The van der Waals surface area contributed by atoms with E-state index in [-0.39, 0.29) is 47.2 Å². The van der Waals surface area contributed by atoms with E-state index in [1.54, 1.807) is 0 Å². The number of ether oxygens (including phenoxy) is 2. The minimum Gasteiger partial charge on any atom is -0.508 e. The molecule has 218 valence electrons. The lowest BCUT2D eigenvalue weighted by Gasteiger charge is -2.30. The van der Waals surface area contributed by atoms with Crippen LogP contribution in [0.5, 0.6) is 17.6 Å². The Balaban J connectivity index is 1.49. The van der Waals surface area contributed by atoms with Crippen LogP contribution in [0.15, 0.2) is 30.5 Å². The molecule has 0 spiro atoms. The highest BCUT2D eigenvalue weighted by molar-refractivity contribution is 6.02. The Morgan fingerprint density at radius 1 is 1.17 bits per heavy atom. The van der Waals surface area contributed by atoms with Crippen LogP contribution in [0.4, 0.5) is 26.3 Å². The molecule has 2 saturated heterocycles. The van der Waals surface area contributed by atoms with Crippen LogP contribution in [0.3, 0.4) is 0 Å². The number of pyridine rings is 1. The molecule has 1 N–H and O–H groups in total. The summed E-state index contributed by atoms with van der Waals surface area (Å²) in [5, 5.41) is 10.4. The van der Waals surface area contributed by atoms with E-state index in [4.69, 9.17) is 15.9 Å². The van der Waals surface area contributed by atoms with Gasteiger partial charge >= 0.3 is 12.2 Å².